The number of aliphatic hydroxyl groups excluding tert-OH is 1. The van der Waals surface area contributed by atoms with E-state index in [1.807, 2.05) is 0 Å². The Morgan fingerprint density at radius 2 is 1.10 bits per heavy atom. The molecule has 0 aliphatic heterocycles. The van der Waals surface area contributed by atoms with Gasteiger partial charge in [0.25, 0.3) is 0 Å². The highest BCUT2D eigenvalue weighted by molar-refractivity contribution is 4.55. The highest BCUT2D eigenvalue weighted by atomic mass is 17.1. The van der Waals surface area contributed by atoms with Crippen LogP contribution in [0.4, 0.5) is 0 Å². The fraction of sp³-hybridized carbons (Fsp3) is 1.00. The summed E-state index contributed by atoms with van der Waals surface area (Å²) in [6, 6.07) is 0. The maximum atomic E-state index is 9.57. The Labute approximate surface area is 132 Å². The lowest BCUT2D eigenvalue weighted by molar-refractivity contribution is -0.245. The maximum Gasteiger partial charge on any atom is 0.0844 e. The summed E-state index contributed by atoms with van der Waals surface area (Å²) >= 11 is 0. The summed E-state index contributed by atoms with van der Waals surface area (Å²) in [5.74, 6) is 0. The third-order valence-corrected chi connectivity index (χ3v) is 4.18. The van der Waals surface area contributed by atoms with Crippen molar-refractivity contribution in [2.75, 3.05) is 6.61 Å². The second-order valence-electron chi connectivity index (χ2n) is 6.31. The normalized spacial score (nSPS) is 12.7. The first-order chi connectivity index (χ1) is 10.3. The molecule has 128 valence electrons. The molecule has 3 nitrogen and oxygen atoms in total. The lowest BCUT2D eigenvalue weighted by atomic mass is 10.0. The van der Waals surface area contributed by atoms with Gasteiger partial charge in [-0.3, -0.25) is 5.26 Å². The topological polar surface area (TPSA) is 49.7 Å². The second kappa shape index (κ2) is 17.9. The van der Waals surface area contributed by atoms with Crippen molar-refractivity contribution < 1.29 is 15.3 Å². The molecule has 3 heteroatoms. The first-order valence-electron chi connectivity index (χ1n) is 9.25. The van der Waals surface area contributed by atoms with Crippen LogP contribution in [0.25, 0.3) is 0 Å². The van der Waals surface area contributed by atoms with Gasteiger partial charge in [0.2, 0.25) is 0 Å². The van der Waals surface area contributed by atoms with Gasteiger partial charge in [0.1, 0.15) is 0 Å². The summed E-state index contributed by atoms with van der Waals surface area (Å²) < 4.78 is 0. The van der Waals surface area contributed by atoms with E-state index in [2.05, 4.69) is 11.8 Å². The van der Waals surface area contributed by atoms with E-state index < -0.39 is 0 Å². The summed E-state index contributed by atoms with van der Waals surface area (Å²) in [6.07, 6.45) is 18.6. The van der Waals surface area contributed by atoms with Crippen molar-refractivity contribution in [3.05, 3.63) is 0 Å². The molecular formula is C18H38O3. The van der Waals surface area contributed by atoms with Crippen LogP contribution >= 0.6 is 0 Å². The SMILES string of the molecule is CCCCCCCCCCCCCCCC(O)CCOO. The van der Waals surface area contributed by atoms with E-state index in [0.717, 1.165) is 12.8 Å². The van der Waals surface area contributed by atoms with Crippen LogP contribution in [0, 0.1) is 0 Å². The summed E-state index contributed by atoms with van der Waals surface area (Å²) in [5, 5.41) is 17.8. The average Bonchev–Trinajstić information content (AvgIpc) is 2.49. The zero-order chi connectivity index (χ0) is 15.6. The number of hydrogen-bond donors (Lipinski definition) is 2. The molecule has 0 heterocycles. The van der Waals surface area contributed by atoms with Crippen LogP contribution in [-0.2, 0) is 4.89 Å². The molecule has 0 radical (unpaired) electrons. The zero-order valence-electron chi connectivity index (χ0n) is 14.2. The van der Waals surface area contributed by atoms with Gasteiger partial charge in [-0.2, -0.15) is 0 Å². The molecule has 21 heavy (non-hydrogen) atoms. The van der Waals surface area contributed by atoms with Crippen LogP contribution in [-0.4, -0.2) is 23.1 Å². The van der Waals surface area contributed by atoms with Crippen LogP contribution in [0.2, 0.25) is 0 Å². The molecule has 0 aromatic rings. The first-order valence-corrected chi connectivity index (χ1v) is 9.25. The largest absolute Gasteiger partial charge is 0.393 e. The van der Waals surface area contributed by atoms with E-state index in [-0.39, 0.29) is 12.7 Å². The molecule has 0 rings (SSSR count). The Hall–Kier alpha value is -0.120. The zero-order valence-corrected chi connectivity index (χ0v) is 14.2. The van der Waals surface area contributed by atoms with E-state index >= 15 is 0 Å². The second-order valence-corrected chi connectivity index (χ2v) is 6.31. The van der Waals surface area contributed by atoms with Crippen molar-refractivity contribution >= 4 is 0 Å². The summed E-state index contributed by atoms with van der Waals surface area (Å²) in [5.41, 5.74) is 0. The van der Waals surface area contributed by atoms with Crippen LogP contribution in [0.3, 0.4) is 0 Å². The summed E-state index contributed by atoms with van der Waals surface area (Å²) in [6.45, 7) is 2.50. The number of aliphatic hydroxyl groups is 1. The highest BCUT2D eigenvalue weighted by Crippen LogP contribution is 2.13. The molecule has 0 bridgehead atoms. The van der Waals surface area contributed by atoms with Crippen LogP contribution < -0.4 is 0 Å². The van der Waals surface area contributed by atoms with Gasteiger partial charge >= 0.3 is 0 Å². The molecule has 1 atom stereocenters. The molecule has 0 amide bonds. The van der Waals surface area contributed by atoms with Gasteiger partial charge in [0.15, 0.2) is 0 Å². The van der Waals surface area contributed by atoms with Gasteiger partial charge in [-0.05, 0) is 12.8 Å². The van der Waals surface area contributed by atoms with Crippen molar-refractivity contribution in [1.29, 1.82) is 0 Å². The van der Waals surface area contributed by atoms with Gasteiger partial charge in [0, 0.05) is 0 Å². The average molecular weight is 302 g/mol. The third-order valence-electron chi connectivity index (χ3n) is 4.18. The van der Waals surface area contributed by atoms with Gasteiger partial charge in [0.05, 0.1) is 12.7 Å². The van der Waals surface area contributed by atoms with Gasteiger partial charge < -0.3 is 5.11 Å². The van der Waals surface area contributed by atoms with Gasteiger partial charge in [-0.25, -0.2) is 4.89 Å². The molecular weight excluding hydrogens is 264 g/mol. The maximum absolute atomic E-state index is 9.57. The predicted octanol–water partition coefficient (Wildman–Crippen LogP) is 5.71. The molecule has 0 aromatic carbocycles. The Kier molecular flexibility index (Phi) is 17.8. The Bertz CT molecular complexity index is 185. The monoisotopic (exact) mass is 302 g/mol. The standard InChI is InChI=1S/C18H38O3/c1-2-3-4-5-6-7-8-9-10-11-12-13-14-15-18(19)16-17-21-20/h18-20H,2-17H2,1H3. The van der Waals surface area contributed by atoms with E-state index in [1.165, 1.54) is 77.0 Å². The molecule has 0 spiro atoms. The molecule has 0 fully saturated rings. The van der Waals surface area contributed by atoms with Crippen molar-refractivity contribution in [3.63, 3.8) is 0 Å². The van der Waals surface area contributed by atoms with Gasteiger partial charge in [-0.15, -0.1) is 0 Å². The van der Waals surface area contributed by atoms with Gasteiger partial charge in [-0.1, -0.05) is 90.4 Å². The summed E-state index contributed by atoms with van der Waals surface area (Å²) in [4.78, 5) is 3.97. The minimum atomic E-state index is -0.315. The minimum Gasteiger partial charge on any atom is -0.393 e. The Morgan fingerprint density at radius 3 is 1.52 bits per heavy atom. The van der Waals surface area contributed by atoms with E-state index in [4.69, 9.17) is 5.26 Å². The fourth-order valence-electron chi connectivity index (χ4n) is 2.73. The van der Waals surface area contributed by atoms with Crippen molar-refractivity contribution in [2.45, 2.75) is 109 Å². The minimum absolute atomic E-state index is 0.236. The van der Waals surface area contributed by atoms with Crippen molar-refractivity contribution in [3.8, 4) is 0 Å². The van der Waals surface area contributed by atoms with E-state index in [9.17, 15) is 5.11 Å². The highest BCUT2D eigenvalue weighted by Gasteiger charge is 2.03. The van der Waals surface area contributed by atoms with E-state index in [1.54, 1.807) is 0 Å². The van der Waals surface area contributed by atoms with Crippen LogP contribution in [0.1, 0.15) is 103 Å². The molecule has 0 saturated carbocycles. The third kappa shape index (κ3) is 17.8. The Balaban J connectivity index is 3.02. The lowest BCUT2D eigenvalue weighted by Crippen LogP contribution is -2.09. The molecule has 0 aliphatic rings. The number of rotatable bonds is 17. The van der Waals surface area contributed by atoms with E-state index in [0.29, 0.717) is 6.42 Å². The fourth-order valence-corrected chi connectivity index (χ4v) is 2.73. The molecule has 0 aliphatic carbocycles. The number of unbranched alkanes of at least 4 members (excludes halogenated alkanes) is 12. The molecule has 2 N–H and O–H groups in total. The summed E-state index contributed by atoms with van der Waals surface area (Å²) in [7, 11) is 0. The predicted molar refractivity (Wildman–Crippen MR) is 89.5 cm³/mol. The van der Waals surface area contributed by atoms with Crippen LogP contribution in [0.15, 0.2) is 0 Å². The van der Waals surface area contributed by atoms with Crippen molar-refractivity contribution in [1.82, 2.24) is 0 Å². The Morgan fingerprint density at radius 1 is 0.667 bits per heavy atom. The smallest absolute Gasteiger partial charge is 0.0844 e. The molecule has 0 aromatic heterocycles. The number of hydrogen-bond acceptors (Lipinski definition) is 3. The lowest BCUT2D eigenvalue weighted by Gasteiger charge is -2.08. The molecule has 0 saturated heterocycles. The van der Waals surface area contributed by atoms with Crippen LogP contribution in [0.5, 0.6) is 0 Å². The quantitative estimate of drug-likeness (QED) is 0.205. The molecule has 1 unspecified atom stereocenters. The van der Waals surface area contributed by atoms with Crippen molar-refractivity contribution in [2.24, 2.45) is 0 Å². The first kappa shape index (κ1) is 20.9.